The molecule has 204 valence electrons. The van der Waals surface area contributed by atoms with E-state index >= 15 is 0 Å². The lowest BCUT2D eigenvalue weighted by molar-refractivity contribution is -0.143. The number of aryl methyl sites for hydroxylation is 2. The van der Waals surface area contributed by atoms with Crippen molar-refractivity contribution >= 4 is 34.6 Å². The van der Waals surface area contributed by atoms with Crippen LogP contribution in [-0.4, -0.2) is 41.0 Å². The average molecular weight is 539 g/mol. The van der Waals surface area contributed by atoms with Crippen molar-refractivity contribution < 1.29 is 23.9 Å². The molecular formula is C31H30N4O5. The number of Topliss-reactive ketones (excluding diaryl/α,β-unsaturated/α-hetero) is 1. The van der Waals surface area contributed by atoms with Gasteiger partial charge in [-0.3, -0.25) is 14.5 Å². The number of hydrogen-bond donors (Lipinski definition) is 1. The van der Waals surface area contributed by atoms with Crippen molar-refractivity contribution in [2.45, 2.75) is 39.5 Å². The lowest BCUT2D eigenvalue weighted by atomic mass is 10.00. The summed E-state index contributed by atoms with van der Waals surface area (Å²) >= 11 is 0. The second kappa shape index (κ2) is 13.2. The zero-order valence-corrected chi connectivity index (χ0v) is 22.5. The summed E-state index contributed by atoms with van der Waals surface area (Å²) in [4.78, 5) is 47.1. The van der Waals surface area contributed by atoms with Crippen LogP contribution in [0.1, 0.15) is 53.4 Å². The number of H-pyrrole nitrogens is 1. The number of carbonyl (C=O) groups excluding carboxylic acids is 3. The summed E-state index contributed by atoms with van der Waals surface area (Å²) in [7, 11) is 0. The number of rotatable bonds is 11. The summed E-state index contributed by atoms with van der Waals surface area (Å²) in [5, 5.41) is 9.65. The Balaban J connectivity index is 1.50. The molecule has 0 atom stereocenters. The first-order chi connectivity index (χ1) is 19.4. The Bertz CT molecular complexity index is 1540. The number of anilines is 1. The smallest absolute Gasteiger partial charge is 0.420 e. The zero-order chi connectivity index (χ0) is 28.5. The van der Waals surface area contributed by atoms with E-state index in [2.05, 4.69) is 16.0 Å². The lowest BCUT2D eigenvalue weighted by Gasteiger charge is -2.21. The largest absolute Gasteiger partial charge is 0.466 e. The molecule has 2 aromatic heterocycles. The Labute approximate surface area is 232 Å². The first-order valence-corrected chi connectivity index (χ1v) is 13.1. The maximum atomic E-state index is 13.2. The number of esters is 1. The number of benzene rings is 2. The maximum absolute atomic E-state index is 13.2. The van der Waals surface area contributed by atoms with Gasteiger partial charge in [0, 0.05) is 47.7 Å². The lowest BCUT2D eigenvalue weighted by Crippen LogP contribution is -2.35. The highest BCUT2D eigenvalue weighted by Crippen LogP contribution is 2.28. The molecular weight excluding hydrogens is 508 g/mol. The molecule has 0 saturated heterocycles. The molecule has 0 fully saturated rings. The van der Waals surface area contributed by atoms with Gasteiger partial charge in [0.05, 0.1) is 18.2 Å². The van der Waals surface area contributed by atoms with Crippen molar-refractivity contribution in [3.63, 3.8) is 0 Å². The predicted molar refractivity (Wildman–Crippen MR) is 150 cm³/mol. The molecule has 4 rings (SSSR count). The number of carbonyl (C=O) groups is 3. The summed E-state index contributed by atoms with van der Waals surface area (Å²) in [6.07, 6.45) is 2.28. The van der Waals surface area contributed by atoms with Crippen LogP contribution in [0.4, 0.5) is 10.6 Å². The first kappa shape index (κ1) is 28.0. The standard InChI is InChI=1S/C31H30N4O5/c1-3-39-29(37)8-6-18-35(28-7-4-5-17-33-28)31(38)40-24-14-15-26-25(19-24)30(21(2)34-26)27(36)16-13-22-9-11-23(20-32)12-10-22/h4-5,7,9-12,14-15,17,19,34H,3,6,8,13,16,18H2,1-2H3. The van der Waals surface area contributed by atoms with Crippen LogP contribution in [0.2, 0.25) is 0 Å². The summed E-state index contributed by atoms with van der Waals surface area (Å²) in [5.74, 6) is 0.310. The van der Waals surface area contributed by atoms with Crippen molar-refractivity contribution in [2.75, 3.05) is 18.1 Å². The Morgan fingerprint density at radius 2 is 1.85 bits per heavy atom. The molecule has 0 unspecified atom stereocenters. The zero-order valence-electron chi connectivity index (χ0n) is 22.5. The second-order valence-corrected chi connectivity index (χ2v) is 9.18. The van der Waals surface area contributed by atoms with E-state index in [0.717, 1.165) is 16.8 Å². The summed E-state index contributed by atoms with van der Waals surface area (Å²) in [6.45, 7) is 4.09. The van der Waals surface area contributed by atoms with E-state index < -0.39 is 6.09 Å². The van der Waals surface area contributed by atoms with Gasteiger partial charge < -0.3 is 14.5 Å². The molecule has 4 aromatic rings. The monoisotopic (exact) mass is 538 g/mol. The molecule has 0 aliphatic rings. The molecule has 0 saturated carbocycles. The second-order valence-electron chi connectivity index (χ2n) is 9.18. The van der Waals surface area contributed by atoms with Crippen molar-refractivity contribution in [3.05, 3.63) is 89.2 Å². The highest BCUT2D eigenvalue weighted by atomic mass is 16.6. The van der Waals surface area contributed by atoms with E-state index in [0.29, 0.717) is 41.8 Å². The van der Waals surface area contributed by atoms with Gasteiger partial charge in [-0.15, -0.1) is 0 Å². The van der Waals surface area contributed by atoms with Gasteiger partial charge in [0.2, 0.25) is 0 Å². The number of ether oxygens (including phenoxy) is 2. The van der Waals surface area contributed by atoms with Gasteiger partial charge in [-0.25, -0.2) is 9.78 Å². The fourth-order valence-corrected chi connectivity index (χ4v) is 4.44. The first-order valence-electron chi connectivity index (χ1n) is 13.1. The van der Waals surface area contributed by atoms with Crippen LogP contribution in [0.5, 0.6) is 5.75 Å². The molecule has 40 heavy (non-hydrogen) atoms. The van der Waals surface area contributed by atoms with E-state index in [1.165, 1.54) is 4.90 Å². The van der Waals surface area contributed by atoms with Crippen LogP contribution in [0.15, 0.2) is 66.9 Å². The Kier molecular flexibility index (Phi) is 9.26. The van der Waals surface area contributed by atoms with Crippen molar-refractivity contribution in [2.24, 2.45) is 0 Å². The quantitative estimate of drug-likeness (QED) is 0.186. The molecule has 2 heterocycles. The molecule has 0 radical (unpaired) electrons. The fourth-order valence-electron chi connectivity index (χ4n) is 4.44. The van der Waals surface area contributed by atoms with E-state index in [4.69, 9.17) is 14.7 Å². The third-order valence-electron chi connectivity index (χ3n) is 6.38. The predicted octanol–water partition coefficient (Wildman–Crippen LogP) is 5.91. The minimum atomic E-state index is -0.650. The summed E-state index contributed by atoms with van der Waals surface area (Å²) in [6, 6.07) is 19.6. The Morgan fingerprint density at radius 3 is 2.55 bits per heavy atom. The van der Waals surface area contributed by atoms with Gasteiger partial charge in [0.15, 0.2) is 5.78 Å². The number of fused-ring (bicyclic) bond motifs is 1. The van der Waals surface area contributed by atoms with Crippen molar-refractivity contribution in [1.82, 2.24) is 9.97 Å². The molecule has 0 aliphatic heterocycles. The molecule has 0 bridgehead atoms. The van der Waals surface area contributed by atoms with Gasteiger partial charge >= 0.3 is 12.1 Å². The number of nitriles is 1. The highest BCUT2D eigenvalue weighted by Gasteiger charge is 2.21. The fraction of sp³-hybridized carbons (Fsp3) is 0.258. The van der Waals surface area contributed by atoms with Crippen molar-refractivity contribution in [3.8, 4) is 11.8 Å². The van der Waals surface area contributed by atoms with E-state index in [9.17, 15) is 14.4 Å². The van der Waals surface area contributed by atoms with E-state index in [1.807, 2.05) is 19.1 Å². The molecule has 0 aliphatic carbocycles. The molecule has 9 nitrogen and oxygen atoms in total. The van der Waals surface area contributed by atoms with Crippen LogP contribution >= 0.6 is 0 Å². The van der Waals surface area contributed by atoms with Gasteiger partial charge in [-0.1, -0.05) is 18.2 Å². The normalized spacial score (nSPS) is 10.6. The summed E-state index contributed by atoms with van der Waals surface area (Å²) in [5.41, 5.74) is 3.59. The Hall–Kier alpha value is -4.97. The number of aromatic nitrogens is 2. The number of nitrogens with one attached hydrogen (secondary N) is 1. The molecule has 1 N–H and O–H groups in total. The van der Waals surface area contributed by atoms with E-state index in [-0.39, 0.29) is 36.9 Å². The van der Waals surface area contributed by atoms with Crippen LogP contribution < -0.4 is 9.64 Å². The highest BCUT2D eigenvalue weighted by molar-refractivity contribution is 6.09. The average Bonchev–Trinajstić information content (AvgIpc) is 3.29. The van der Waals surface area contributed by atoms with Crippen LogP contribution in [0.3, 0.4) is 0 Å². The number of ketones is 1. The van der Waals surface area contributed by atoms with E-state index in [1.54, 1.807) is 61.7 Å². The van der Waals surface area contributed by atoms with Crippen molar-refractivity contribution in [1.29, 1.82) is 5.26 Å². The van der Waals surface area contributed by atoms with Gasteiger partial charge in [-0.05, 0) is 74.7 Å². The number of hydrogen-bond acceptors (Lipinski definition) is 7. The number of nitrogens with zero attached hydrogens (tertiary/aromatic N) is 3. The summed E-state index contributed by atoms with van der Waals surface area (Å²) < 4.78 is 10.7. The number of pyridine rings is 1. The van der Waals surface area contributed by atoms with Crippen LogP contribution in [0, 0.1) is 18.3 Å². The Morgan fingerprint density at radius 1 is 1.05 bits per heavy atom. The molecule has 1 amide bonds. The minimum absolute atomic E-state index is 0.0364. The van der Waals surface area contributed by atoms with Gasteiger partial charge in [-0.2, -0.15) is 5.26 Å². The van der Waals surface area contributed by atoms with Gasteiger partial charge in [0.25, 0.3) is 0 Å². The topological polar surface area (TPSA) is 125 Å². The third kappa shape index (κ3) is 6.91. The molecule has 0 spiro atoms. The SMILES string of the molecule is CCOC(=O)CCCN(C(=O)Oc1ccc2[nH]c(C)c(C(=O)CCc3ccc(C#N)cc3)c2c1)c1ccccn1. The number of aromatic amines is 1. The minimum Gasteiger partial charge on any atom is -0.466 e. The number of amides is 1. The third-order valence-corrected chi connectivity index (χ3v) is 6.38. The van der Waals surface area contributed by atoms with Crippen LogP contribution in [-0.2, 0) is 16.0 Å². The maximum Gasteiger partial charge on any atom is 0.420 e. The molecule has 9 heteroatoms. The van der Waals surface area contributed by atoms with Crippen LogP contribution in [0.25, 0.3) is 10.9 Å². The molecule has 2 aromatic carbocycles. The van der Waals surface area contributed by atoms with Gasteiger partial charge in [0.1, 0.15) is 11.6 Å².